The number of carbonyl (C=O) groups is 2. The van der Waals surface area contributed by atoms with Crippen molar-refractivity contribution in [2.45, 2.75) is 19.1 Å². The highest BCUT2D eigenvalue weighted by Crippen LogP contribution is 2.22. The Morgan fingerprint density at radius 2 is 2.00 bits per heavy atom. The molecule has 0 aromatic heterocycles. The van der Waals surface area contributed by atoms with Gasteiger partial charge in [-0.05, 0) is 12.0 Å². The first-order valence-corrected chi connectivity index (χ1v) is 6.41. The van der Waals surface area contributed by atoms with Crippen LogP contribution in [0.1, 0.15) is 12.0 Å². The van der Waals surface area contributed by atoms with E-state index >= 15 is 0 Å². The quantitative estimate of drug-likeness (QED) is 0.637. The Labute approximate surface area is 117 Å². The molecular formula is C14H18N2O4. The Morgan fingerprint density at radius 1 is 1.30 bits per heavy atom. The van der Waals surface area contributed by atoms with Crippen molar-refractivity contribution >= 4 is 11.9 Å². The minimum Gasteiger partial charge on any atom is -0.468 e. The highest BCUT2D eigenvalue weighted by atomic mass is 16.5. The average Bonchev–Trinajstić information content (AvgIpc) is 2.87. The number of ether oxygens (including phenoxy) is 2. The molecule has 1 aromatic rings. The van der Waals surface area contributed by atoms with Gasteiger partial charge < -0.3 is 9.47 Å². The molecule has 6 nitrogen and oxygen atoms in total. The Hall–Kier alpha value is -1.92. The van der Waals surface area contributed by atoms with Gasteiger partial charge in [-0.1, -0.05) is 30.3 Å². The van der Waals surface area contributed by atoms with E-state index in [0.29, 0.717) is 13.0 Å². The molecule has 2 atom stereocenters. The van der Waals surface area contributed by atoms with Gasteiger partial charge in [0, 0.05) is 6.54 Å². The van der Waals surface area contributed by atoms with Gasteiger partial charge in [0.25, 0.3) is 0 Å². The van der Waals surface area contributed by atoms with Gasteiger partial charge in [0.15, 0.2) is 0 Å². The van der Waals surface area contributed by atoms with Gasteiger partial charge in [-0.25, -0.2) is 5.01 Å². The van der Waals surface area contributed by atoms with Crippen molar-refractivity contribution in [1.29, 1.82) is 0 Å². The molecule has 2 rings (SSSR count). The number of methoxy groups -OCH3 is 1. The molecule has 0 bridgehead atoms. The molecule has 0 amide bonds. The molecule has 6 heteroatoms. The lowest BCUT2D eigenvalue weighted by Crippen LogP contribution is -2.41. The maximum Gasteiger partial charge on any atom is 0.324 e. The van der Waals surface area contributed by atoms with Crippen LogP contribution in [0.2, 0.25) is 0 Å². The van der Waals surface area contributed by atoms with E-state index in [0.717, 1.165) is 5.56 Å². The van der Waals surface area contributed by atoms with E-state index < -0.39 is 17.9 Å². The predicted molar refractivity (Wildman–Crippen MR) is 71.0 cm³/mol. The van der Waals surface area contributed by atoms with Crippen molar-refractivity contribution in [3.05, 3.63) is 35.9 Å². The summed E-state index contributed by atoms with van der Waals surface area (Å²) < 4.78 is 9.90. The van der Waals surface area contributed by atoms with Gasteiger partial charge in [-0.2, -0.15) is 0 Å². The zero-order valence-electron chi connectivity index (χ0n) is 11.3. The molecule has 1 fully saturated rings. The zero-order valence-corrected chi connectivity index (χ0v) is 11.3. The van der Waals surface area contributed by atoms with Crippen molar-refractivity contribution in [3.63, 3.8) is 0 Å². The second kappa shape index (κ2) is 6.49. The van der Waals surface area contributed by atoms with Gasteiger partial charge in [0.2, 0.25) is 0 Å². The normalized spacial score (nSPS) is 22.5. The number of nitrogens with two attached hydrogens (primary N) is 1. The van der Waals surface area contributed by atoms with Gasteiger partial charge in [-0.15, -0.1) is 0 Å². The third-order valence-corrected chi connectivity index (χ3v) is 3.37. The standard InChI is InChI=1S/C14H18N2O4/c1-19-14(18)12-7-11(8-16(12)15)13(17)20-9-10-5-3-2-4-6-10/h2-6,11-12H,7-9,15H2,1H3/t11-,12+/m0/s1. The summed E-state index contributed by atoms with van der Waals surface area (Å²) in [4.78, 5) is 23.4. The average molecular weight is 278 g/mol. The molecule has 0 aliphatic carbocycles. The third-order valence-electron chi connectivity index (χ3n) is 3.37. The van der Waals surface area contributed by atoms with Gasteiger partial charge in [-0.3, -0.25) is 15.4 Å². The number of hydrazine groups is 1. The van der Waals surface area contributed by atoms with Gasteiger partial charge in [0.05, 0.1) is 13.0 Å². The van der Waals surface area contributed by atoms with Gasteiger partial charge >= 0.3 is 11.9 Å². The van der Waals surface area contributed by atoms with Crippen LogP contribution in [0.3, 0.4) is 0 Å². The van der Waals surface area contributed by atoms with E-state index in [1.807, 2.05) is 30.3 Å². The summed E-state index contributed by atoms with van der Waals surface area (Å²) in [6.45, 7) is 0.525. The lowest BCUT2D eigenvalue weighted by molar-refractivity contribution is -0.149. The Balaban J connectivity index is 1.86. The van der Waals surface area contributed by atoms with Gasteiger partial charge in [0.1, 0.15) is 12.6 Å². The maximum atomic E-state index is 12.0. The van der Waals surface area contributed by atoms with Crippen LogP contribution in [-0.4, -0.2) is 36.6 Å². The van der Waals surface area contributed by atoms with Crippen LogP contribution in [0.25, 0.3) is 0 Å². The molecule has 1 aliphatic heterocycles. The van der Waals surface area contributed by atoms with Crippen LogP contribution in [0.4, 0.5) is 0 Å². The second-order valence-electron chi connectivity index (χ2n) is 4.76. The molecule has 1 heterocycles. The van der Waals surface area contributed by atoms with Crippen molar-refractivity contribution in [3.8, 4) is 0 Å². The number of carbonyl (C=O) groups excluding carboxylic acids is 2. The lowest BCUT2D eigenvalue weighted by Gasteiger charge is -2.15. The first kappa shape index (κ1) is 14.5. The van der Waals surface area contributed by atoms with Crippen molar-refractivity contribution in [2.75, 3.05) is 13.7 Å². The largest absolute Gasteiger partial charge is 0.468 e. The summed E-state index contributed by atoms with van der Waals surface area (Å²) in [5.41, 5.74) is 0.924. The van der Waals surface area contributed by atoms with E-state index in [1.165, 1.54) is 12.1 Å². The summed E-state index contributed by atoms with van der Waals surface area (Å²) in [6.07, 6.45) is 0.330. The highest BCUT2D eigenvalue weighted by molar-refractivity contribution is 5.79. The van der Waals surface area contributed by atoms with Crippen LogP contribution < -0.4 is 5.84 Å². The first-order valence-electron chi connectivity index (χ1n) is 6.41. The van der Waals surface area contributed by atoms with E-state index in [9.17, 15) is 9.59 Å². The minimum atomic E-state index is -0.575. The van der Waals surface area contributed by atoms with Crippen LogP contribution in [0.5, 0.6) is 0 Å². The zero-order chi connectivity index (χ0) is 14.5. The topological polar surface area (TPSA) is 81.9 Å². The fraction of sp³-hybridized carbons (Fsp3) is 0.429. The minimum absolute atomic E-state index is 0.226. The van der Waals surface area contributed by atoms with Crippen LogP contribution in [0, 0.1) is 5.92 Å². The molecule has 0 spiro atoms. The monoisotopic (exact) mass is 278 g/mol. The summed E-state index contributed by atoms with van der Waals surface area (Å²) in [5, 5.41) is 1.33. The van der Waals surface area contributed by atoms with Crippen molar-refractivity contribution < 1.29 is 19.1 Å². The van der Waals surface area contributed by atoms with E-state index in [2.05, 4.69) is 4.74 Å². The van der Waals surface area contributed by atoms with E-state index in [4.69, 9.17) is 10.6 Å². The molecule has 108 valence electrons. The number of nitrogens with zero attached hydrogens (tertiary/aromatic N) is 1. The molecule has 0 unspecified atom stereocenters. The van der Waals surface area contributed by atoms with Crippen LogP contribution >= 0.6 is 0 Å². The molecule has 1 saturated heterocycles. The third kappa shape index (κ3) is 3.34. The fourth-order valence-electron chi connectivity index (χ4n) is 2.25. The predicted octanol–water partition coefficient (Wildman–Crippen LogP) is 0.467. The first-order chi connectivity index (χ1) is 9.61. The Kier molecular flexibility index (Phi) is 4.70. The molecule has 0 saturated carbocycles. The number of hydrogen-bond donors (Lipinski definition) is 1. The summed E-state index contributed by atoms with van der Waals surface area (Å²) >= 11 is 0. The maximum absolute atomic E-state index is 12.0. The number of rotatable bonds is 4. The summed E-state index contributed by atoms with van der Waals surface area (Å²) in [6, 6.07) is 8.86. The molecule has 0 radical (unpaired) electrons. The SMILES string of the molecule is COC(=O)[C@H]1C[C@H](C(=O)OCc2ccccc2)CN1N. The molecule has 1 aliphatic rings. The number of esters is 2. The highest BCUT2D eigenvalue weighted by Gasteiger charge is 2.40. The van der Waals surface area contributed by atoms with E-state index in [-0.39, 0.29) is 12.6 Å². The summed E-state index contributed by atoms with van der Waals surface area (Å²) in [7, 11) is 1.30. The molecule has 20 heavy (non-hydrogen) atoms. The smallest absolute Gasteiger partial charge is 0.324 e. The number of hydrogen-bond acceptors (Lipinski definition) is 6. The van der Waals surface area contributed by atoms with Crippen LogP contribution in [-0.2, 0) is 25.7 Å². The number of benzene rings is 1. The molecule has 1 aromatic carbocycles. The van der Waals surface area contributed by atoms with Crippen LogP contribution in [0.15, 0.2) is 30.3 Å². The van der Waals surface area contributed by atoms with Crippen molar-refractivity contribution in [2.24, 2.45) is 11.8 Å². The lowest BCUT2D eigenvalue weighted by atomic mass is 10.1. The Bertz CT molecular complexity index is 477. The molecule has 2 N–H and O–H groups in total. The fourth-order valence-corrected chi connectivity index (χ4v) is 2.25. The second-order valence-corrected chi connectivity index (χ2v) is 4.76. The van der Waals surface area contributed by atoms with E-state index in [1.54, 1.807) is 0 Å². The Morgan fingerprint density at radius 3 is 2.65 bits per heavy atom. The summed E-state index contributed by atoms with van der Waals surface area (Å²) in [5.74, 6) is 4.56. The van der Waals surface area contributed by atoms with Crippen molar-refractivity contribution in [1.82, 2.24) is 5.01 Å². The molecular weight excluding hydrogens is 260 g/mol.